The molecule has 1 aliphatic rings. The van der Waals surface area contributed by atoms with Gasteiger partial charge < -0.3 is 5.32 Å². The van der Waals surface area contributed by atoms with E-state index in [1.54, 1.807) is 17.1 Å². The van der Waals surface area contributed by atoms with Crippen molar-refractivity contribution in [1.29, 1.82) is 0 Å². The van der Waals surface area contributed by atoms with Crippen LogP contribution in [0.2, 0.25) is 0 Å². The van der Waals surface area contributed by atoms with Gasteiger partial charge in [-0.25, -0.2) is 9.67 Å². The van der Waals surface area contributed by atoms with E-state index in [0.29, 0.717) is 18.9 Å². The molecule has 0 saturated carbocycles. The lowest BCUT2D eigenvalue weighted by Gasteiger charge is -2.09. The average molecular weight is 282 g/mol. The van der Waals surface area contributed by atoms with Crippen LogP contribution < -0.4 is 5.32 Å². The molecule has 108 valence electrons. The summed E-state index contributed by atoms with van der Waals surface area (Å²) in [5.41, 5.74) is 1.02. The predicted molar refractivity (Wildman–Crippen MR) is 79.7 cm³/mol. The van der Waals surface area contributed by atoms with E-state index < -0.39 is 0 Å². The number of aromatic nitrogens is 3. The Morgan fingerprint density at radius 2 is 2.38 bits per heavy atom. The maximum Gasteiger partial charge on any atom is 0.220 e. The first kappa shape index (κ1) is 13.5. The molecule has 1 N–H and O–H groups in total. The number of rotatable bonds is 5. The Labute approximate surface area is 123 Å². The van der Waals surface area contributed by atoms with Gasteiger partial charge in [0.15, 0.2) is 5.82 Å². The molecule has 1 amide bonds. The van der Waals surface area contributed by atoms with E-state index in [1.807, 2.05) is 24.4 Å². The predicted octanol–water partition coefficient (Wildman–Crippen LogP) is 2.24. The van der Waals surface area contributed by atoms with Gasteiger partial charge in [-0.1, -0.05) is 12.2 Å². The van der Waals surface area contributed by atoms with E-state index in [1.165, 1.54) is 0 Å². The zero-order valence-electron chi connectivity index (χ0n) is 11.8. The lowest BCUT2D eigenvalue weighted by Crippen LogP contribution is -2.24. The number of amides is 1. The van der Waals surface area contributed by atoms with Gasteiger partial charge in [-0.2, -0.15) is 5.10 Å². The minimum absolute atomic E-state index is 0.101. The minimum atomic E-state index is 0.101. The molecule has 2 aromatic heterocycles. The molecule has 1 aliphatic carbocycles. The topological polar surface area (TPSA) is 59.8 Å². The number of allylic oxidation sites excluding steroid dienone is 2. The van der Waals surface area contributed by atoms with Crippen LogP contribution in [0.3, 0.4) is 0 Å². The summed E-state index contributed by atoms with van der Waals surface area (Å²) in [5, 5.41) is 7.12. The van der Waals surface area contributed by atoms with Crippen LogP contribution in [0.15, 0.2) is 48.9 Å². The average Bonchev–Trinajstić information content (AvgIpc) is 3.19. The molecule has 5 heteroatoms. The third kappa shape index (κ3) is 3.56. The van der Waals surface area contributed by atoms with E-state index in [2.05, 4.69) is 27.6 Å². The molecule has 5 nitrogen and oxygen atoms in total. The molecule has 2 aromatic rings. The van der Waals surface area contributed by atoms with Crippen molar-refractivity contribution < 1.29 is 4.79 Å². The number of nitrogens with zero attached hydrogens (tertiary/aromatic N) is 3. The van der Waals surface area contributed by atoms with Crippen LogP contribution in [-0.2, 0) is 11.3 Å². The lowest BCUT2D eigenvalue weighted by molar-refractivity contribution is -0.121. The molecule has 0 saturated heterocycles. The molecular formula is C16H18N4O. The van der Waals surface area contributed by atoms with Gasteiger partial charge in [0.25, 0.3) is 0 Å². The van der Waals surface area contributed by atoms with Crippen molar-refractivity contribution >= 4 is 5.91 Å². The Morgan fingerprint density at radius 3 is 3.14 bits per heavy atom. The van der Waals surface area contributed by atoms with E-state index in [4.69, 9.17) is 0 Å². The smallest absolute Gasteiger partial charge is 0.220 e. The summed E-state index contributed by atoms with van der Waals surface area (Å²) in [6.07, 6.45) is 12.3. The summed E-state index contributed by atoms with van der Waals surface area (Å²) in [6.45, 7) is 0.520. The van der Waals surface area contributed by atoms with Crippen LogP contribution in [0.25, 0.3) is 5.82 Å². The van der Waals surface area contributed by atoms with E-state index >= 15 is 0 Å². The van der Waals surface area contributed by atoms with Crippen molar-refractivity contribution in [1.82, 2.24) is 20.1 Å². The molecule has 0 radical (unpaired) electrons. The Morgan fingerprint density at radius 1 is 1.43 bits per heavy atom. The maximum atomic E-state index is 11.9. The maximum absolute atomic E-state index is 11.9. The summed E-state index contributed by atoms with van der Waals surface area (Å²) in [4.78, 5) is 16.2. The van der Waals surface area contributed by atoms with Crippen LogP contribution >= 0.6 is 0 Å². The van der Waals surface area contributed by atoms with Crippen LogP contribution in [0.5, 0.6) is 0 Å². The quantitative estimate of drug-likeness (QED) is 0.856. The summed E-state index contributed by atoms with van der Waals surface area (Å²) in [6, 6.07) is 5.69. The number of pyridine rings is 1. The van der Waals surface area contributed by atoms with Gasteiger partial charge in [0.2, 0.25) is 5.91 Å². The first-order chi connectivity index (χ1) is 10.3. The first-order valence-corrected chi connectivity index (χ1v) is 7.19. The highest BCUT2D eigenvalue weighted by Gasteiger charge is 2.13. The molecule has 0 aliphatic heterocycles. The standard InChI is InChI=1S/C16H18N4O/c21-16(11-13-4-1-2-5-13)18-12-14-6-8-17-15(10-14)20-9-3-7-19-20/h1,3-4,6-10,13H,2,5,11-12H2,(H,18,21)/t13-/m0/s1. The van der Waals surface area contributed by atoms with Gasteiger partial charge in [-0.15, -0.1) is 0 Å². The normalized spacial score (nSPS) is 17.0. The molecule has 0 spiro atoms. The second kappa shape index (κ2) is 6.35. The fraction of sp³-hybridized carbons (Fsp3) is 0.312. The number of nitrogens with one attached hydrogen (secondary N) is 1. The molecule has 2 heterocycles. The van der Waals surface area contributed by atoms with Gasteiger partial charge in [0, 0.05) is 31.6 Å². The van der Waals surface area contributed by atoms with Gasteiger partial charge in [-0.3, -0.25) is 4.79 Å². The number of carbonyl (C=O) groups excluding carboxylic acids is 1. The number of hydrogen-bond acceptors (Lipinski definition) is 3. The van der Waals surface area contributed by atoms with Crippen LogP contribution in [0.1, 0.15) is 24.8 Å². The van der Waals surface area contributed by atoms with E-state index in [-0.39, 0.29) is 5.91 Å². The largest absolute Gasteiger partial charge is 0.352 e. The molecular weight excluding hydrogens is 264 g/mol. The third-order valence-corrected chi connectivity index (χ3v) is 3.60. The Balaban J connectivity index is 1.56. The molecule has 3 rings (SSSR count). The molecule has 0 bridgehead atoms. The Bertz CT molecular complexity index is 633. The zero-order chi connectivity index (χ0) is 14.5. The van der Waals surface area contributed by atoms with Crippen molar-refractivity contribution in [3.63, 3.8) is 0 Å². The van der Waals surface area contributed by atoms with Crippen LogP contribution in [0, 0.1) is 5.92 Å². The minimum Gasteiger partial charge on any atom is -0.352 e. The second-order valence-corrected chi connectivity index (χ2v) is 5.22. The summed E-state index contributed by atoms with van der Waals surface area (Å²) < 4.78 is 1.70. The van der Waals surface area contributed by atoms with Crippen molar-refractivity contribution in [3.05, 3.63) is 54.5 Å². The highest BCUT2D eigenvalue weighted by atomic mass is 16.1. The highest BCUT2D eigenvalue weighted by molar-refractivity contribution is 5.76. The highest BCUT2D eigenvalue weighted by Crippen LogP contribution is 2.20. The monoisotopic (exact) mass is 282 g/mol. The third-order valence-electron chi connectivity index (χ3n) is 3.60. The fourth-order valence-electron chi connectivity index (χ4n) is 2.48. The molecule has 0 fully saturated rings. The molecule has 1 atom stereocenters. The number of carbonyl (C=O) groups is 1. The van der Waals surface area contributed by atoms with Gasteiger partial charge in [-0.05, 0) is 42.5 Å². The summed E-state index contributed by atoms with van der Waals surface area (Å²) >= 11 is 0. The second-order valence-electron chi connectivity index (χ2n) is 5.22. The number of hydrogen-bond donors (Lipinski definition) is 1. The summed E-state index contributed by atoms with van der Waals surface area (Å²) in [7, 11) is 0. The van der Waals surface area contributed by atoms with Crippen molar-refractivity contribution in [2.45, 2.75) is 25.8 Å². The Kier molecular flexibility index (Phi) is 4.09. The van der Waals surface area contributed by atoms with Gasteiger partial charge >= 0.3 is 0 Å². The van der Waals surface area contributed by atoms with Gasteiger partial charge in [0.05, 0.1) is 0 Å². The molecule has 0 aromatic carbocycles. The molecule has 0 unspecified atom stereocenters. The Hall–Kier alpha value is -2.43. The van der Waals surface area contributed by atoms with E-state index in [0.717, 1.165) is 24.2 Å². The molecule has 21 heavy (non-hydrogen) atoms. The fourth-order valence-corrected chi connectivity index (χ4v) is 2.48. The van der Waals surface area contributed by atoms with Gasteiger partial charge in [0.1, 0.15) is 0 Å². The van der Waals surface area contributed by atoms with Crippen molar-refractivity contribution in [2.24, 2.45) is 5.92 Å². The first-order valence-electron chi connectivity index (χ1n) is 7.19. The zero-order valence-corrected chi connectivity index (χ0v) is 11.8. The van der Waals surface area contributed by atoms with Crippen molar-refractivity contribution in [2.75, 3.05) is 0 Å². The summed E-state index contributed by atoms with van der Waals surface area (Å²) in [5.74, 6) is 1.26. The SMILES string of the molecule is O=C(C[C@H]1C=CCC1)NCc1ccnc(-n2cccn2)c1. The van der Waals surface area contributed by atoms with Crippen LogP contribution in [-0.4, -0.2) is 20.7 Å². The van der Waals surface area contributed by atoms with Crippen LogP contribution in [0.4, 0.5) is 0 Å². The van der Waals surface area contributed by atoms with E-state index in [9.17, 15) is 4.79 Å². The lowest BCUT2D eigenvalue weighted by atomic mass is 10.1. The van der Waals surface area contributed by atoms with Crippen molar-refractivity contribution in [3.8, 4) is 5.82 Å².